The Balaban J connectivity index is 0.000000425. The molecule has 0 atom stereocenters. The molecule has 124 valence electrons. The minimum atomic E-state index is -0.0272. The summed E-state index contributed by atoms with van der Waals surface area (Å²) in [5, 5.41) is 2.69. The fourth-order valence-electron chi connectivity index (χ4n) is 1.92. The first-order valence-corrected chi connectivity index (χ1v) is 7.84. The van der Waals surface area contributed by atoms with E-state index in [1.165, 1.54) is 25.3 Å². The highest BCUT2D eigenvalue weighted by Crippen LogP contribution is 2.24. The normalized spacial score (nSPS) is 11.3. The van der Waals surface area contributed by atoms with E-state index in [9.17, 15) is 4.79 Å². The van der Waals surface area contributed by atoms with Crippen molar-refractivity contribution in [3.05, 3.63) is 47.7 Å². The van der Waals surface area contributed by atoms with E-state index in [1.807, 2.05) is 6.08 Å². The Kier molecular flexibility index (Phi) is 10.0. The molecule has 1 N–H and O–H groups in total. The van der Waals surface area contributed by atoms with Gasteiger partial charge in [-0.1, -0.05) is 64.4 Å². The minimum Gasteiger partial charge on any atom is -0.501 e. The summed E-state index contributed by atoms with van der Waals surface area (Å²) in [5.41, 5.74) is 1.44. The molecule has 1 amide bonds. The van der Waals surface area contributed by atoms with Gasteiger partial charge in [-0.15, -0.1) is 0 Å². The van der Waals surface area contributed by atoms with Gasteiger partial charge in [0, 0.05) is 18.9 Å². The molecular weight excluding hydrogens is 274 g/mol. The first-order valence-electron chi connectivity index (χ1n) is 7.84. The zero-order valence-corrected chi connectivity index (χ0v) is 14.9. The smallest absolute Gasteiger partial charge is 0.217 e. The summed E-state index contributed by atoms with van der Waals surface area (Å²) in [6.45, 7) is 10.4. The Hall–Kier alpha value is -1.77. The largest absolute Gasteiger partial charge is 0.501 e. The molecule has 22 heavy (non-hydrogen) atoms. The van der Waals surface area contributed by atoms with E-state index < -0.39 is 0 Å². The molecule has 0 aliphatic carbocycles. The molecule has 0 bridgehead atoms. The molecular formula is C19H31NO2. The lowest BCUT2D eigenvalue weighted by Gasteiger charge is -2.21. The molecule has 0 aliphatic rings. The van der Waals surface area contributed by atoms with Crippen LogP contribution in [0.5, 0.6) is 0 Å². The average molecular weight is 305 g/mol. The molecule has 0 radical (unpaired) electrons. The Labute approximate surface area is 135 Å². The maximum Gasteiger partial charge on any atom is 0.217 e. The fraction of sp³-hybridized carbons (Fsp3) is 0.526. The third-order valence-electron chi connectivity index (χ3n) is 2.98. The molecule has 0 aliphatic heterocycles. The van der Waals surface area contributed by atoms with Crippen molar-refractivity contribution >= 4 is 5.91 Å². The molecule has 1 rings (SSSR count). The van der Waals surface area contributed by atoms with Gasteiger partial charge < -0.3 is 10.1 Å². The molecule has 0 saturated carbocycles. The second-order valence-electron chi connectivity index (χ2n) is 6.20. The van der Waals surface area contributed by atoms with Crippen LogP contribution < -0.4 is 5.32 Å². The van der Waals surface area contributed by atoms with Gasteiger partial charge in [0.15, 0.2) is 0 Å². The number of aryl methyl sites for hydroxylation is 1. The number of nitrogens with one attached hydrogen (secondary N) is 1. The number of benzene rings is 1. The van der Waals surface area contributed by atoms with E-state index in [-0.39, 0.29) is 11.3 Å². The number of allylic oxidation sites excluding steroid dienone is 1. The van der Waals surface area contributed by atoms with Crippen LogP contribution in [-0.2, 0) is 16.0 Å². The third kappa shape index (κ3) is 10.0. The predicted molar refractivity (Wildman–Crippen MR) is 93.7 cm³/mol. The lowest BCUT2D eigenvalue weighted by Crippen LogP contribution is -2.21. The third-order valence-corrected chi connectivity index (χ3v) is 2.98. The van der Waals surface area contributed by atoms with Gasteiger partial charge in [0.1, 0.15) is 0 Å². The Morgan fingerprint density at radius 1 is 1.23 bits per heavy atom. The summed E-state index contributed by atoms with van der Waals surface area (Å²) in [6.07, 6.45) is 4.34. The van der Waals surface area contributed by atoms with E-state index in [2.05, 4.69) is 63.3 Å². The van der Waals surface area contributed by atoms with Crippen molar-refractivity contribution in [3.63, 3.8) is 0 Å². The molecule has 0 aromatic heterocycles. The zero-order chi connectivity index (χ0) is 17.0. The lowest BCUT2D eigenvalue weighted by atomic mass is 9.93. The number of amides is 1. The Morgan fingerprint density at radius 2 is 1.82 bits per heavy atom. The van der Waals surface area contributed by atoms with Crippen molar-refractivity contribution in [1.29, 1.82) is 0 Å². The van der Waals surface area contributed by atoms with Crippen LogP contribution in [0.4, 0.5) is 0 Å². The van der Waals surface area contributed by atoms with Gasteiger partial charge >= 0.3 is 0 Å². The second-order valence-corrected chi connectivity index (χ2v) is 6.20. The SMILES string of the molecule is CCCc1ccccc1.CO/C(=C\CNC(C)=O)C(C)(C)C. The average Bonchev–Trinajstić information content (AvgIpc) is 2.44. The van der Waals surface area contributed by atoms with Crippen molar-refractivity contribution in [2.45, 2.75) is 47.5 Å². The Morgan fingerprint density at radius 3 is 2.23 bits per heavy atom. The van der Waals surface area contributed by atoms with Crippen molar-refractivity contribution < 1.29 is 9.53 Å². The molecule has 0 saturated heterocycles. The topological polar surface area (TPSA) is 38.3 Å². The van der Waals surface area contributed by atoms with Gasteiger partial charge in [0.2, 0.25) is 5.91 Å². The monoisotopic (exact) mass is 305 g/mol. The van der Waals surface area contributed by atoms with Crippen molar-refractivity contribution in [2.24, 2.45) is 5.41 Å². The number of carbonyl (C=O) groups is 1. The molecule has 1 aromatic carbocycles. The van der Waals surface area contributed by atoms with Gasteiger partial charge in [-0.2, -0.15) is 0 Å². The van der Waals surface area contributed by atoms with Crippen LogP contribution in [0.3, 0.4) is 0 Å². The van der Waals surface area contributed by atoms with Crippen LogP contribution in [0.2, 0.25) is 0 Å². The first kappa shape index (κ1) is 20.2. The number of hydrogen-bond acceptors (Lipinski definition) is 2. The zero-order valence-electron chi connectivity index (χ0n) is 14.9. The van der Waals surface area contributed by atoms with Gasteiger partial charge in [0.25, 0.3) is 0 Å². The predicted octanol–water partition coefficient (Wildman–Crippen LogP) is 4.34. The maximum atomic E-state index is 10.6. The highest BCUT2D eigenvalue weighted by atomic mass is 16.5. The fourth-order valence-corrected chi connectivity index (χ4v) is 1.92. The maximum absolute atomic E-state index is 10.6. The van der Waals surface area contributed by atoms with Crippen LogP contribution in [-0.4, -0.2) is 19.6 Å². The standard InChI is InChI=1S/C10H19NO2.C9H12/c1-8(12)11-7-6-9(13-5)10(2,3)4;1-2-6-9-7-4-3-5-8-9/h6H,7H2,1-5H3,(H,11,12);3-5,7-8H,2,6H2,1H3/b9-6-;. The van der Waals surface area contributed by atoms with Crippen LogP contribution in [0.1, 0.15) is 46.6 Å². The van der Waals surface area contributed by atoms with Crippen LogP contribution in [0.25, 0.3) is 0 Å². The van der Waals surface area contributed by atoms with E-state index in [4.69, 9.17) is 4.74 Å². The summed E-state index contributed by atoms with van der Waals surface area (Å²) in [6, 6.07) is 10.6. The molecule has 0 unspecified atom stereocenters. The van der Waals surface area contributed by atoms with Crippen LogP contribution >= 0.6 is 0 Å². The number of hydrogen-bond donors (Lipinski definition) is 1. The summed E-state index contributed by atoms with van der Waals surface area (Å²) >= 11 is 0. The van der Waals surface area contributed by atoms with Crippen LogP contribution in [0.15, 0.2) is 42.2 Å². The summed E-state index contributed by atoms with van der Waals surface area (Å²) in [5.74, 6) is 0.863. The number of methoxy groups -OCH3 is 1. The van der Waals surface area contributed by atoms with Crippen molar-refractivity contribution in [2.75, 3.05) is 13.7 Å². The van der Waals surface area contributed by atoms with E-state index >= 15 is 0 Å². The lowest BCUT2D eigenvalue weighted by molar-refractivity contribution is -0.118. The highest BCUT2D eigenvalue weighted by Gasteiger charge is 2.16. The van der Waals surface area contributed by atoms with Crippen LogP contribution in [0, 0.1) is 5.41 Å². The van der Waals surface area contributed by atoms with Gasteiger partial charge in [-0.3, -0.25) is 4.79 Å². The minimum absolute atomic E-state index is 0.00673. The Bertz CT molecular complexity index is 444. The molecule has 0 fully saturated rings. The molecule has 3 nitrogen and oxygen atoms in total. The quantitative estimate of drug-likeness (QED) is 0.822. The highest BCUT2D eigenvalue weighted by molar-refractivity contribution is 5.72. The van der Waals surface area contributed by atoms with Gasteiger partial charge in [-0.05, 0) is 18.1 Å². The molecule has 3 heteroatoms. The second kappa shape index (κ2) is 10.9. The van der Waals surface area contributed by atoms with Gasteiger partial charge in [0.05, 0.1) is 12.9 Å². The summed E-state index contributed by atoms with van der Waals surface area (Å²) in [4.78, 5) is 10.6. The summed E-state index contributed by atoms with van der Waals surface area (Å²) < 4.78 is 5.21. The first-order chi connectivity index (χ1) is 10.3. The molecule has 0 heterocycles. The number of ether oxygens (including phenoxy) is 1. The molecule has 1 aromatic rings. The van der Waals surface area contributed by atoms with E-state index in [1.54, 1.807) is 7.11 Å². The molecule has 0 spiro atoms. The number of carbonyl (C=O) groups excluding carboxylic acids is 1. The van der Waals surface area contributed by atoms with Crippen molar-refractivity contribution in [1.82, 2.24) is 5.32 Å². The summed E-state index contributed by atoms with van der Waals surface area (Å²) in [7, 11) is 1.64. The van der Waals surface area contributed by atoms with Crippen molar-refractivity contribution in [3.8, 4) is 0 Å². The number of rotatable bonds is 5. The van der Waals surface area contributed by atoms with Gasteiger partial charge in [-0.25, -0.2) is 0 Å². The van der Waals surface area contributed by atoms with E-state index in [0.717, 1.165) is 5.76 Å². The van der Waals surface area contributed by atoms with E-state index in [0.29, 0.717) is 6.54 Å².